The Labute approximate surface area is 175 Å². The number of hydrogen-bond acceptors (Lipinski definition) is 6. The minimum absolute atomic E-state index is 0.159. The van der Waals surface area contributed by atoms with Crippen LogP contribution < -0.4 is 5.32 Å². The van der Waals surface area contributed by atoms with Crippen molar-refractivity contribution in [2.75, 3.05) is 11.9 Å². The average Bonchev–Trinajstić information content (AvgIpc) is 3.09. The third-order valence-corrected chi connectivity index (χ3v) is 5.96. The molecule has 1 amide bonds. The van der Waals surface area contributed by atoms with E-state index in [1.54, 1.807) is 0 Å². The molecule has 1 aliphatic carbocycles. The molecule has 1 aliphatic rings. The van der Waals surface area contributed by atoms with Gasteiger partial charge in [0.15, 0.2) is 6.61 Å². The first-order chi connectivity index (χ1) is 14.1. The van der Waals surface area contributed by atoms with Crippen molar-refractivity contribution in [3.05, 3.63) is 70.0 Å². The van der Waals surface area contributed by atoms with Gasteiger partial charge in [0.2, 0.25) is 0 Å². The molecule has 0 aliphatic heterocycles. The molecule has 144 valence electrons. The zero-order chi connectivity index (χ0) is 20.4. The number of thiophene rings is 1. The molecule has 3 aromatic rings. The fraction of sp³-hybridized carbons (Fsp3) is 0.143. The highest BCUT2D eigenvalue weighted by molar-refractivity contribution is 7.20. The fourth-order valence-corrected chi connectivity index (χ4v) is 4.70. The van der Waals surface area contributed by atoms with Crippen molar-refractivity contribution >= 4 is 39.8 Å². The van der Waals surface area contributed by atoms with Crippen LogP contribution in [-0.4, -0.2) is 23.5 Å². The summed E-state index contributed by atoms with van der Waals surface area (Å²) in [6, 6.07) is 13.1. The van der Waals surface area contributed by atoms with E-state index in [2.05, 4.69) is 22.4 Å². The molecular weight excluding hydrogens is 410 g/mol. The van der Waals surface area contributed by atoms with Gasteiger partial charge in [0.1, 0.15) is 16.2 Å². The van der Waals surface area contributed by atoms with Crippen LogP contribution in [0.5, 0.6) is 0 Å². The summed E-state index contributed by atoms with van der Waals surface area (Å²) in [5.41, 5.74) is 3.96. The number of carbonyl (C=O) groups excluding carboxylic acids is 2. The summed E-state index contributed by atoms with van der Waals surface area (Å²) in [6.45, 7) is -0.469. The third kappa shape index (κ3) is 3.86. The van der Waals surface area contributed by atoms with Gasteiger partial charge in [-0.25, -0.2) is 9.78 Å². The van der Waals surface area contributed by atoms with Gasteiger partial charge in [0.25, 0.3) is 5.91 Å². The number of nitriles is 1. The fourth-order valence-electron chi connectivity index (χ4n) is 3.25. The lowest BCUT2D eigenvalue weighted by Gasteiger charge is -2.15. The first kappa shape index (κ1) is 19.1. The Balaban J connectivity index is 1.49. The molecule has 1 N–H and O–H groups in total. The smallest absolute Gasteiger partial charge is 0.338 e. The minimum Gasteiger partial charge on any atom is -0.452 e. The topological polar surface area (TPSA) is 92.1 Å². The summed E-state index contributed by atoms with van der Waals surface area (Å²) in [4.78, 5) is 29.1. The van der Waals surface area contributed by atoms with Crippen LogP contribution in [0.3, 0.4) is 0 Å². The number of halogens is 1. The first-order valence-corrected chi connectivity index (χ1v) is 9.99. The predicted molar refractivity (Wildman–Crippen MR) is 110 cm³/mol. The van der Waals surface area contributed by atoms with Crippen molar-refractivity contribution in [3.8, 4) is 16.5 Å². The standard InChI is InChI=1S/C21H14ClN3O3S/c22-17-9-13(7-8-24-17)21(27)28-11-18(26)25-20-16(10-23)15-6-5-12-3-1-2-4-14(12)19(15)29-20/h1-4,7-9H,5-6,11H2,(H,25,26). The zero-order valence-electron chi connectivity index (χ0n) is 15.1. The molecule has 6 nitrogen and oxygen atoms in total. The van der Waals surface area contributed by atoms with Crippen LogP contribution in [0.25, 0.3) is 10.4 Å². The molecule has 2 aromatic heterocycles. The number of carbonyl (C=O) groups is 2. The van der Waals surface area contributed by atoms with Crippen molar-refractivity contribution < 1.29 is 14.3 Å². The summed E-state index contributed by atoms with van der Waals surface area (Å²) in [6.07, 6.45) is 2.99. The van der Waals surface area contributed by atoms with E-state index in [4.69, 9.17) is 16.3 Å². The molecule has 8 heteroatoms. The van der Waals surface area contributed by atoms with Gasteiger partial charge in [-0.1, -0.05) is 35.9 Å². The van der Waals surface area contributed by atoms with Gasteiger partial charge in [-0.15, -0.1) is 11.3 Å². The van der Waals surface area contributed by atoms with Gasteiger partial charge in [0.05, 0.1) is 11.1 Å². The lowest BCUT2D eigenvalue weighted by Crippen LogP contribution is -2.21. The van der Waals surface area contributed by atoms with Crippen LogP contribution >= 0.6 is 22.9 Å². The summed E-state index contributed by atoms with van der Waals surface area (Å²) >= 11 is 7.12. The SMILES string of the molecule is N#Cc1c(NC(=O)COC(=O)c2ccnc(Cl)c2)sc2c1CCc1ccccc1-2. The van der Waals surface area contributed by atoms with Crippen LogP contribution in [0.2, 0.25) is 5.15 Å². The van der Waals surface area contributed by atoms with Gasteiger partial charge in [-0.2, -0.15) is 5.26 Å². The molecule has 0 spiro atoms. The lowest BCUT2D eigenvalue weighted by atomic mass is 9.90. The quantitative estimate of drug-likeness (QED) is 0.500. The summed E-state index contributed by atoms with van der Waals surface area (Å²) in [5, 5.41) is 13.0. The second-order valence-corrected chi connectivity index (χ2v) is 7.78. The van der Waals surface area contributed by atoms with E-state index < -0.39 is 18.5 Å². The largest absolute Gasteiger partial charge is 0.452 e. The Kier molecular flexibility index (Phi) is 5.30. The van der Waals surface area contributed by atoms with Gasteiger partial charge < -0.3 is 10.1 Å². The van der Waals surface area contributed by atoms with Crippen LogP contribution in [0, 0.1) is 11.3 Å². The number of anilines is 1. The zero-order valence-corrected chi connectivity index (χ0v) is 16.6. The van der Waals surface area contributed by atoms with Gasteiger partial charge in [-0.3, -0.25) is 4.79 Å². The van der Waals surface area contributed by atoms with E-state index in [0.717, 1.165) is 28.8 Å². The van der Waals surface area contributed by atoms with E-state index in [1.165, 1.54) is 35.2 Å². The van der Waals surface area contributed by atoms with E-state index in [1.807, 2.05) is 18.2 Å². The summed E-state index contributed by atoms with van der Waals surface area (Å²) in [7, 11) is 0. The number of nitrogens with zero attached hydrogens (tertiary/aromatic N) is 2. The second-order valence-electron chi connectivity index (χ2n) is 6.37. The minimum atomic E-state index is -0.677. The van der Waals surface area contributed by atoms with E-state index >= 15 is 0 Å². The number of esters is 1. The molecule has 0 atom stereocenters. The molecule has 4 rings (SSSR count). The number of rotatable bonds is 4. The monoisotopic (exact) mass is 423 g/mol. The van der Waals surface area contributed by atoms with Crippen LogP contribution in [0.1, 0.15) is 27.0 Å². The van der Waals surface area contributed by atoms with Crippen molar-refractivity contribution in [1.82, 2.24) is 4.98 Å². The maximum absolute atomic E-state index is 12.3. The third-order valence-electron chi connectivity index (χ3n) is 4.57. The highest BCUT2D eigenvalue weighted by Crippen LogP contribution is 2.44. The number of nitrogens with one attached hydrogen (secondary N) is 1. The number of aromatic nitrogens is 1. The molecule has 29 heavy (non-hydrogen) atoms. The number of benzene rings is 1. The van der Waals surface area contributed by atoms with Gasteiger partial charge in [0, 0.05) is 11.1 Å². The maximum atomic E-state index is 12.3. The van der Waals surface area contributed by atoms with Crippen molar-refractivity contribution in [1.29, 1.82) is 5.26 Å². The summed E-state index contributed by atoms with van der Waals surface area (Å²) in [5.74, 6) is -1.19. The van der Waals surface area contributed by atoms with E-state index in [-0.39, 0.29) is 10.7 Å². The molecule has 2 heterocycles. The molecule has 0 saturated carbocycles. The molecule has 1 aromatic carbocycles. The lowest BCUT2D eigenvalue weighted by molar-refractivity contribution is -0.119. The second kappa shape index (κ2) is 8.03. The number of amides is 1. The van der Waals surface area contributed by atoms with Crippen molar-refractivity contribution in [2.45, 2.75) is 12.8 Å². The summed E-state index contributed by atoms with van der Waals surface area (Å²) < 4.78 is 5.03. The predicted octanol–water partition coefficient (Wildman–Crippen LogP) is 4.23. The number of aryl methyl sites for hydroxylation is 1. The van der Waals surface area contributed by atoms with Crippen molar-refractivity contribution in [3.63, 3.8) is 0 Å². The number of hydrogen-bond donors (Lipinski definition) is 1. The molecule has 0 fully saturated rings. The highest BCUT2D eigenvalue weighted by atomic mass is 35.5. The molecule has 0 bridgehead atoms. The Morgan fingerprint density at radius 3 is 2.90 bits per heavy atom. The molecular formula is C21H14ClN3O3S. The Morgan fingerprint density at radius 1 is 1.28 bits per heavy atom. The van der Waals surface area contributed by atoms with Crippen LogP contribution in [0.4, 0.5) is 5.00 Å². The van der Waals surface area contributed by atoms with Crippen molar-refractivity contribution in [2.24, 2.45) is 0 Å². The Hall–Kier alpha value is -3.21. The maximum Gasteiger partial charge on any atom is 0.338 e. The molecule has 0 unspecified atom stereocenters. The normalized spacial score (nSPS) is 11.7. The Morgan fingerprint density at radius 2 is 2.10 bits per heavy atom. The number of ether oxygens (including phenoxy) is 1. The van der Waals surface area contributed by atoms with E-state index in [9.17, 15) is 14.9 Å². The highest BCUT2D eigenvalue weighted by Gasteiger charge is 2.25. The average molecular weight is 424 g/mol. The van der Waals surface area contributed by atoms with Crippen LogP contribution in [0.15, 0.2) is 42.6 Å². The van der Waals surface area contributed by atoms with Crippen LogP contribution in [-0.2, 0) is 22.4 Å². The van der Waals surface area contributed by atoms with Gasteiger partial charge >= 0.3 is 5.97 Å². The molecule has 0 saturated heterocycles. The molecule has 0 radical (unpaired) electrons. The first-order valence-electron chi connectivity index (χ1n) is 8.79. The number of pyridine rings is 1. The Bertz CT molecular complexity index is 1170. The van der Waals surface area contributed by atoms with Gasteiger partial charge in [-0.05, 0) is 41.7 Å². The van der Waals surface area contributed by atoms with E-state index in [0.29, 0.717) is 10.6 Å². The number of fused-ring (bicyclic) bond motifs is 3.